The maximum Gasteiger partial charge on any atom is 2.00 e. The number of alkyl halides is 1. The Morgan fingerprint density at radius 1 is 0.833 bits per heavy atom. The van der Waals surface area contributed by atoms with Crippen molar-refractivity contribution in [1.29, 1.82) is 10.5 Å². The molecule has 0 unspecified atom stereocenters. The van der Waals surface area contributed by atoms with Gasteiger partial charge in [-0.25, -0.2) is 6.57 Å². The molecule has 0 aliphatic heterocycles. The first-order chi connectivity index (χ1) is 11.1. The fourth-order valence-corrected chi connectivity index (χ4v) is 0. The molecule has 0 spiro atoms. The third-order valence-corrected chi connectivity index (χ3v) is 0.577. The maximum atomic E-state index is 7.57. The molecular formula is C15H34BrN3O4Zn. The molecule has 0 bridgehead atoms. The third-order valence-electron chi connectivity index (χ3n) is 0.577. The smallest absolute Gasteiger partial charge is 0.512 e. The van der Waals surface area contributed by atoms with Crippen molar-refractivity contribution in [2.24, 2.45) is 0 Å². The number of rotatable bonds is 2. The third kappa shape index (κ3) is 4470. The first kappa shape index (κ1) is 56.6. The summed E-state index contributed by atoms with van der Waals surface area (Å²) in [7, 11) is 4.78. The van der Waals surface area contributed by atoms with Gasteiger partial charge >= 0.3 is 19.5 Å². The van der Waals surface area contributed by atoms with Crippen LogP contribution >= 0.6 is 15.9 Å². The summed E-state index contributed by atoms with van der Waals surface area (Å²) < 4.78 is 9.08. The van der Waals surface area contributed by atoms with Crippen LogP contribution in [-0.2, 0) is 29.0 Å². The molecule has 0 atom stereocenters. The van der Waals surface area contributed by atoms with Gasteiger partial charge in [0.25, 0.3) is 0 Å². The van der Waals surface area contributed by atoms with Gasteiger partial charge in [-0.3, -0.25) is 0 Å². The Labute approximate surface area is 171 Å². The molecule has 0 aliphatic carbocycles. The fourth-order valence-electron chi connectivity index (χ4n) is 0. The molecule has 0 radical (unpaired) electrons. The van der Waals surface area contributed by atoms with Crippen LogP contribution in [0.3, 0.4) is 0 Å². The van der Waals surface area contributed by atoms with E-state index in [4.69, 9.17) is 40.5 Å². The van der Waals surface area contributed by atoms with Gasteiger partial charge in [0.15, 0.2) is 0 Å². The van der Waals surface area contributed by atoms with Crippen LogP contribution < -0.4 is 0 Å². The molecule has 0 heterocycles. The second-order valence-corrected chi connectivity index (χ2v) is 2.01. The van der Waals surface area contributed by atoms with Crippen LogP contribution in [0.4, 0.5) is 0 Å². The van der Waals surface area contributed by atoms with E-state index in [0.29, 0.717) is 0 Å². The number of methoxy groups -OCH3 is 2. The van der Waals surface area contributed by atoms with Crippen LogP contribution in [0, 0.1) is 30.2 Å². The molecule has 142 valence electrons. The number of ether oxygens (including phenoxy) is 2. The summed E-state index contributed by atoms with van der Waals surface area (Å²) >= 11 is 2.94. The predicted octanol–water partition coefficient (Wildman–Crippen LogP) is 3.04. The quantitative estimate of drug-likeness (QED) is 0.368. The molecule has 0 saturated carbocycles. The van der Waals surface area contributed by atoms with Gasteiger partial charge in [-0.05, 0) is 33.5 Å². The van der Waals surface area contributed by atoms with Crippen molar-refractivity contribution in [2.45, 2.75) is 27.7 Å². The fraction of sp³-hybridized carbons (Fsp3) is 0.800. The van der Waals surface area contributed by atoms with Crippen molar-refractivity contribution in [3.8, 4) is 0 Å². The van der Waals surface area contributed by atoms with Crippen molar-refractivity contribution in [3.63, 3.8) is 0 Å². The summed E-state index contributed by atoms with van der Waals surface area (Å²) in [4.78, 5) is 2.75. The average Bonchev–Trinajstić information content (AvgIpc) is 2.62. The van der Waals surface area contributed by atoms with Crippen LogP contribution in [-0.4, -0.2) is 63.7 Å². The molecule has 24 heavy (non-hydrogen) atoms. The Morgan fingerprint density at radius 3 is 0.875 bits per heavy atom. The van der Waals surface area contributed by atoms with Gasteiger partial charge < -0.3 is 48.2 Å². The number of halogens is 1. The molecule has 0 aliphatic rings. The summed E-state index contributed by atoms with van der Waals surface area (Å²) in [6.45, 7) is 24.8. The average molecular weight is 466 g/mol. The van der Waals surface area contributed by atoms with E-state index in [1.165, 1.54) is 7.05 Å². The van der Waals surface area contributed by atoms with E-state index in [9.17, 15) is 0 Å². The van der Waals surface area contributed by atoms with Gasteiger partial charge in [-0.1, -0.05) is 15.9 Å². The van der Waals surface area contributed by atoms with Crippen molar-refractivity contribution in [2.75, 3.05) is 53.5 Å². The molecule has 0 amide bonds. The topological polar surface area (TPSA) is 111 Å². The Hall–Kier alpha value is -0.587. The molecule has 0 saturated heterocycles. The number of aliphatic hydroxyl groups is 2. The van der Waals surface area contributed by atoms with Gasteiger partial charge in [0.1, 0.15) is 0 Å². The van der Waals surface area contributed by atoms with Crippen LogP contribution in [0.1, 0.15) is 27.7 Å². The van der Waals surface area contributed by atoms with E-state index in [-0.39, 0.29) is 32.7 Å². The Balaban J connectivity index is -0.0000000155. The minimum absolute atomic E-state index is 0. The number of aliphatic hydroxyl groups excluding tert-OH is 2. The zero-order valence-electron chi connectivity index (χ0n) is 16.5. The summed E-state index contributed by atoms with van der Waals surface area (Å²) in [5, 5.41) is 27.6. The largest absolute Gasteiger partial charge is 2.00 e. The van der Waals surface area contributed by atoms with Crippen LogP contribution in [0.5, 0.6) is 0 Å². The Kier molecular flexibility index (Phi) is 589. The zero-order valence-corrected chi connectivity index (χ0v) is 21.0. The second-order valence-electron chi connectivity index (χ2n) is 2.01. The van der Waals surface area contributed by atoms with E-state index in [1.807, 2.05) is 19.7 Å². The molecule has 7 nitrogen and oxygen atoms in total. The summed E-state index contributed by atoms with van der Waals surface area (Å²) in [6, 6.07) is 0. The van der Waals surface area contributed by atoms with E-state index >= 15 is 0 Å². The molecular weight excluding hydrogens is 431 g/mol. The van der Waals surface area contributed by atoms with E-state index < -0.39 is 0 Å². The molecule has 0 fully saturated rings. The number of hydrogen-bond donors (Lipinski definition) is 2. The molecule has 9 heteroatoms. The zero-order chi connectivity index (χ0) is 20.9. The summed E-state index contributed by atoms with van der Waals surface area (Å²) in [5.74, 6) is 1.81. The van der Waals surface area contributed by atoms with Gasteiger partial charge in [0.05, 0.1) is 0 Å². The monoisotopic (exact) mass is 463 g/mol. The van der Waals surface area contributed by atoms with Crippen LogP contribution in [0.2, 0.25) is 0 Å². The molecule has 2 N–H and O–H groups in total. The van der Waals surface area contributed by atoms with Crippen molar-refractivity contribution >= 4 is 15.9 Å². The number of nitrogens with zero attached hydrogens (tertiary/aromatic N) is 3. The van der Waals surface area contributed by atoms with Gasteiger partial charge in [-0.15, -0.1) is 0 Å². The van der Waals surface area contributed by atoms with Crippen molar-refractivity contribution in [1.82, 2.24) is 0 Å². The van der Waals surface area contributed by atoms with E-state index in [0.717, 1.165) is 13.2 Å². The Morgan fingerprint density at radius 2 is 0.875 bits per heavy atom. The minimum Gasteiger partial charge on any atom is -0.512 e. The van der Waals surface area contributed by atoms with Crippen molar-refractivity contribution < 1.29 is 39.2 Å². The number of hydrogen-bond acceptors (Lipinski definition) is 6. The summed E-state index contributed by atoms with van der Waals surface area (Å²) in [6.07, 6.45) is 0. The second kappa shape index (κ2) is 250. The molecule has 0 rings (SSSR count). The first-order valence-corrected chi connectivity index (χ1v) is 7.94. The normalized spacial score (nSPS) is 4.75. The Bertz CT molecular complexity index is 154. The molecule has 0 aromatic carbocycles. The van der Waals surface area contributed by atoms with Crippen molar-refractivity contribution in [3.05, 3.63) is 24.6 Å². The minimum atomic E-state index is 0. The van der Waals surface area contributed by atoms with Gasteiger partial charge in [0.2, 0.25) is 7.05 Å². The van der Waals surface area contributed by atoms with Crippen LogP contribution in [0.15, 0.2) is 0 Å². The predicted molar refractivity (Wildman–Crippen MR) is 97.9 cm³/mol. The SMILES string of the molecule is CBr.CCO.CCO.CCOC.CCOC.[C-]#N.[C-]#N.[C-]#[N+]C.[Zn+2]. The summed E-state index contributed by atoms with van der Waals surface area (Å²) in [5.41, 5.74) is 0. The molecule has 0 aromatic rings. The van der Waals surface area contributed by atoms with E-state index in [1.54, 1.807) is 28.1 Å². The standard InChI is InChI=1S/2C3H8O.C2H3N.2C2H6O.CH3Br.2CN.Zn/c2*1-3-4-2;1-3-2;2*1-2-3;3*1-2;/h2*3H2,1-2H3;1H3;2*3H,2H2,1H3;1H3;;;/q;;;;;;2*-1;+2. The van der Waals surface area contributed by atoms with Gasteiger partial charge in [0, 0.05) is 40.6 Å². The maximum absolute atomic E-state index is 7.57. The van der Waals surface area contributed by atoms with Gasteiger partial charge in [-0.2, -0.15) is 0 Å². The first-order valence-electron chi connectivity index (χ1n) is 6.35. The van der Waals surface area contributed by atoms with E-state index in [2.05, 4.69) is 30.2 Å². The molecule has 0 aromatic heterocycles. The van der Waals surface area contributed by atoms with Crippen LogP contribution in [0.25, 0.3) is 4.85 Å².